The maximum Gasteiger partial charge on any atom is 0.0538 e. The van der Waals surface area contributed by atoms with Gasteiger partial charge in [0.2, 0.25) is 0 Å². The average Bonchev–Trinajstić information content (AvgIpc) is 3.31. The molecule has 0 radical (unpaired) electrons. The minimum Gasteiger partial charge on any atom is -0.313 e. The molecule has 1 heterocycles. The maximum atomic E-state index is 6.47. The van der Waals surface area contributed by atoms with Gasteiger partial charge in [0.05, 0.1) is 5.52 Å². The highest BCUT2D eigenvalue weighted by Crippen LogP contribution is 2.40. The summed E-state index contributed by atoms with van der Waals surface area (Å²) in [5, 5.41) is 1.97. The van der Waals surface area contributed by atoms with E-state index in [0.717, 1.165) is 11.4 Å². The van der Waals surface area contributed by atoms with E-state index in [4.69, 9.17) is 11.6 Å². The first kappa shape index (κ1) is 22.8. The number of aromatic nitrogens is 1. The summed E-state index contributed by atoms with van der Waals surface area (Å²) in [6, 6.07) is 45.3. The Labute approximate surface area is 228 Å². The van der Waals surface area contributed by atoms with E-state index in [2.05, 4.69) is 138 Å². The van der Waals surface area contributed by atoms with Crippen LogP contribution in [0.1, 0.15) is 22.7 Å². The number of allylic oxidation sites excluding steroid dienone is 1. The molecule has 0 N–H and O–H groups in total. The van der Waals surface area contributed by atoms with Crippen molar-refractivity contribution in [3.05, 3.63) is 155 Å². The van der Waals surface area contributed by atoms with Gasteiger partial charge >= 0.3 is 0 Å². The smallest absolute Gasteiger partial charge is 0.0538 e. The van der Waals surface area contributed by atoms with Crippen molar-refractivity contribution in [3.8, 4) is 27.9 Å². The number of benzene rings is 5. The van der Waals surface area contributed by atoms with Gasteiger partial charge in [-0.2, -0.15) is 0 Å². The number of hydrogen-bond acceptors (Lipinski definition) is 0. The van der Waals surface area contributed by atoms with Crippen molar-refractivity contribution >= 4 is 28.6 Å². The first-order chi connectivity index (χ1) is 18.7. The third-order valence-electron chi connectivity index (χ3n) is 7.63. The van der Waals surface area contributed by atoms with Crippen molar-refractivity contribution in [2.45, 2.75) is 12.3 Å². The molecule has 0 saturated heterocycles. The Balaban J connectivity index is 1.32. The van der Waals surface area contributed by atoms with Crippen molar-refractivity contribution in [1.29, 1.82) is 0 Å². The molecule has 0 amide bonds. The quantitative estimate of drug-likeness (QED) is 0.223. The molecular formula is C36H26ClN. The maximum absolute atomic E-state index is 6.47. The van der Waals surface area contributed by atoms with Gasteiger partial charge in [-0.05, 0) is 64.6 Å². The molecule has 5 aromatic carbocycles. The third-order valence-corrected chi connectivity index (χ3v) is 7.87. The summed E-state index contributed by atoms with van der Waals surface area (Å²) in [4.78, 5) is 0. The van der Waals surface area contributed by atoms with Crippen LogP contribution in [-0.2, 0) is 6.42 Å². The molecule has 182 valence electrons. The van der Waals surface area contributed by atoms with Gasteiger partial charge < -0.3 is 4.57 Å². The molecule has 0 saturated carbocycles. The van der Waals surface area contributed by atoms with Gasteiger partial charge in [0.1, 0.15) is 0 Å². The summed E-state index contributed by atoms with van der Waals surface area (Å²) in [5.41, 5.74) is 11.2. The van der Waals surface area contributed by atoms with E-state index < -0.39 is 0 Å². The van der Waals surface area contributed by atoms with Crippen LogP contribution in [0.5, 0.6) is 0 Å². The van der Waals surface area contributed by atoms with Crippen LogP contribution >= 0.6 is 11.6 Å². The molecule has 1 unspecified atom stereocenters. The lowest BCUT2D eigenvalue weighted by molar-refractivity contribution is 0.783. The molecule has 38 heavy (non-hydrogen) atoms. The van der Waals surface area contributed by atoms with Gasteiger partial charge in [-0.1, -0.05) is 121 Å². The predicted molar refractivity (Wildman–Crippen MR) is 161 cm³/mol. The second kappa shape index (κ2) is 9.52. The van der Waals surface area contributed by atoms with Crippen LogP contribution in [0.3, 0.4) is 0 Å². The fourth-order valence-electron chi connectivity index (χ4n) is 5.75. The summed E-state index contributed by atoms with van der Waals surface area (Å²) in [5.74, 6) is 0.299. The van der Waals surface area contributed by atoms with Crippen molar-refractivity contribution in [3.63, 3.8) is 0 Å². The third kappa shape index (κ3) is 4.06. The SMILES string of the molecule is Clc1ccc2c(c1)c1c(n2-c2ccc(-c3ccccc3)cc2)CC(c2cccc(-c3ccccc3)c2)C=C1. The monoisotopic (exact) mass is 507 g/mol. The van der Waals surface area contributed by atoms with E-state index in [1.807, 2.05) is 6.07 Å². The number of hydrogen-bond donors (Lipinski definition) is 0. The van der Waals surface area contributed by atoms with E-state index in [1.54, 1.807) is 0 Å². The minimum absolute atomic E-state index is 0.299. The van der Waals surface area contributed by atoms with Gasteiger partial charge in [0.15, 0.2) is 0 Å². The highest BCUT2D eigenvalue weighted by Gasteiger charge is 2.24. The molecule has 0 bridgehead atoms. The zero-order chi connectivity index (χ0) is 25.5. The Bertz CT molecular complexity index is 1780. The summed E-state index contributed by atoms with van der Waals surface area (Å²) in [6.45, 7) is 0. The number of nitrogens with zero attached hydrogens (tertiary/aromatic N) is 1. The van der Waals surface area contributed by atoms with E-state index in [0.29, 0.717) is 5.92 Å². The van der Waals surface area contributed by atoms with Crippen molar-refractivity contribution < 1.29 is 0 Å². The Morgan fingerprint density at radius 2 is 1.26 bits per heavy atom. The van der Waals surface area contributed by atoms with Gasteiger partial charge in [-0.15, -0.1) is 0 Å². The lowest BCUT2D eigenvalue weighted by Gasteiger charge is -2.21. The van der Waals surface area contributed by atoms with E-state index in [9.17, 15) is 0 Å². The Kier molecular flexibility index (Phi) is 5.72. The Morgan fingerprint density at radius 3 is 2.00 bits per heavy atom. The van der Waals surface area contributed by atoms with Crippen LogP contribution in [-0.4, -0.2) is 4.57 Å². The molecule has 1 aliphatic rings. The van der Waals surface area contributed by atoms with E-state index in [1.165, 1.54) is 55.7 Å². The van der Waals surface area contributed by atoms with Gasteiger partial charge in [-0.25, -0.2) is 0 Å². The average molecular weight is 508 g/mol. The predicted octanol–water partition coefficient (Wildman–Crippen LogP) is 9.97. The van der Waals surface area contributed by atoms with E-state index >= 15 is 0 Å². The zero-order valence-electron chi connectivity index (χ0n) is 20.9. The topological polar surface area (TPSA) is 4.93 Å². The first-order valence-corrected chi connectivity index (χ1v) is 13.4. The minimum atomic E-state index is 0.299. The first-order valence-electron chi connectivity index (χ1n) is 13.1. The standard InChI is InChI=1S/C36H26ClN/c37-31-17-21-35-34(24-31)33-20-16-30(29-13-7-12-28(22-29)26-10-5-2-6-11-26)23-36(33)38(35)32-18-14-27(15-19-32)25-8-3-1-4-9-25/h1-22,24,30H,23H2. The number of fused-ring (bicyclic) bond motifs is 3. The Morgan fingerprint density at radius 1 is 0.605 bits per heavy atom. The highest BCUT2D eigenvalue weighted by molar-refractivity contribution is 6.31. The Hall–Kier alpha value is -4.33. The largest absolute Gasteiger partial charge is 0.313 e. The number of halogens is 1. The van der Waals surface area contributed by atoms with Gasteiger partial charge in [0.25, 0.3) is 0 Å². The lowest BCUT2D eigenvalue weighted by Crippen LogP contribution is -2.10. The molecule has 1 atom stereocenters. The summed E-state index contributed by atoms with van der Waals surface area (Å²) < 4.78 is 2.42. The molecular weight excluding hydrogens is 482 g/mol. The fraction of sp³-hybridized carbons (Fsp3) is 0.0556. The van der Waals surface area contributed by atoms with Crippen LogP contribution in [0, 0.1) is 0 Å². The van der Waals surface area contributed by atoms with Gasteiger partial charge in [0, 0.05) is 33.3 Å². The second-order valence-electron chi connectivity index (χ2n) is 9.93. The molecule has 0 fully saturated rings. The fourth-order valence-corrected chi connectivity index (χ4v) is 5.93. The molecule has 0 spiro atoms. The summed E-state index contributed by atoms with van der Waals surface area (Å²) >= 11 is 6.47. The molecule has 6 aromatic rings. The summed E-state index contributed by atoms with van der Waals surface area (Å²) in [6.07, 6.45) is 5.58. The van der Waals surface area contributed by atoms with Crippen molar-refractivity contribution in [2.75, 3.05) is 0 Å². The van der Waals surface area contributed by atoms with Crippen LogP contribution in [0.2, 0.25) is 5.02 Å². The molecule has 1 nitrogen and oxygen atoms in total. The van der Waals surface area contributed by atoms with Gasteiger partial charge in [-0.3, -0.25) is 0 Å². The van der Waals surface area contributed by atoms with E-state index in [-0.39, 0.29) is 0 Å². The highest BCUT2D eigenvalue weighted by atomic mass is 35.5. The van der Waals surface area contributed by atoms with Crippen LogP contribution in [0.25, 0.3) is 44.9 Å². The molecule has 7 rings (SSSR count). The normalized spacial score (nSPS) is 14.5. The molecule has 1 aromatic heterocycles. The second-order valence-corrected chi connectivity index (χ2v) is 10.4. The van der Waals surface area contributed by atoms with Crippen LogP contribution in [0.15, 0.2) is 133 Å². The van der Waals surface area contributed by atoms with Crippen molar-refractivity contribution in [2.24, 2.45) is 0 Å². The zero-order valence-corrected chi connectivity index (χ0v) is 21.6. The van der Waals surface area contributed by atoms with Crippen LogP contribution in [0.4, 0.5) is 0 Å². The lowest BCUT2D eigenvalue weighted by atomic mass is 9.86. The molecule has 1 aliphatic carbocycles. The van der Waals surface area contributed by atoms with Crippen molar-refractivity contribution in [1.82, 2.24) is 4.57 Å². The molecule has 2 heteroatoms. The number of rotatable bonds is 4. The summed E-state index contributed by atoms with van der Waals surface area (Å²) in [7, 11) is 0. The van der Waals surface area contributed by atoms with Crippen LogP contribution < -0.4 is 0 Å². The molecule has 0 aliphatic heterocycles.